The molecule has 0 radical (unpaired) electrons. The molecule has 0 fully saturated rings. The molecule has 2 aromatic rings. The second kappa shape index (κ2) is 5.75. The molecule has 0 aliphatic heterocycles. The number of aryl methyl sites for hydroxylation is 3. The molecule has 1 aromatic carbocycles. The Morgan fingerprint density at radius 3 is 2.37 bits per heavy atom. The van der Waals surface area contributed by atoms with E-state index >= 15 is 0 Å². The molecule has 102 valence electrons. The lowest BCUT2D eigenvalue weighted by molar-refractivity contribution is 0.564. The molecule has 5 heteroatoms. The first-order chi connectivity index (χ1) is 8.97. The first-order valence-corrected chi connectivity index (χ1v) is 7.08. The van der Waals surface area contributed by atoms with Crippen molar-refractivity contribution in [1.82, 2.24) is 15.5 Å². The highest BCUT2D eigenvalue weighted by atomic mass is 32.1. The zero-order valence-electron chi connectivity index (χ0n) is 11.6. The fraction of sp³-hybridized carbons (Fsp3) is 0.429. The van der Waals surface area contributed by atoms with Crippen molar-refractivity contribution in [2.24, 2.45) is 0 Å². The first kappa shape index (κ1) is 14.1. The molecule has 19 heavy (non-hydrogen) atoms. The molecule has 1 atom stereocenters. The highest BCUT2D eigenvalue weighted by molar-refractivity contribution is 7.11. The van der Waals surface area contributed by atoms with Crippen LogP contribution in [0.1, 0.15) is 39.7 Å². The van der Waals surface area contributed by atoms with Gasteiger partial charge in [0.05, 0.1) is 6.54 Å². The van der Waals surface area contributed by atoms with Crippen LogP contribution in [0.2, 0.25) is 0 Å². The van der Waals surface area contributed by atoms with Gasteiger partial charge in [0.1, 0.15) is 15.8 Å². The number of halogens is 1. The number of hydrogen-bond acceptors (Lipinski definition) is 4. The van der Waals surface area contributed by atoms with Crippen LogP contribution in [0.5, 0.6) is 0 Å². The average Bonchev–Trinajstić information content (AvgIpc) is 2.78. The summed E-state index contributed by atoms with van der Waals surface area (Å²) in [5, 5.41) is 13.4. The summed E-state index contributed by atoms with van der Waals surface area (Å²) < 4.78 is 13.6. The van der Waals surface area contributed by atoms with Crippen LogP contribution in [-0.4, -0.2) is 10.2 Å². The standard InChI is InChI=1S/C14H18FN3S/c1-8-5-12(6-9(2)14(8)15)10(3)16-7-13-18-17-11(4)19-13/h5-6,10,16H,7H2,1-4H3/t10-/m0/s1. The van der Waals surface area contributed by atoms with Crippen LogP contribution in [0.25, 0.3) is 0 Å². The molecule has 0 amide bonds. The lowest BCUT2D eigenvalue weighted by Gasteiger charge is -2.15. The van der Waals surface area contributed by atoms with Crippen LogP contribution in [0.15, 0.2) is 12.1 Å². The van der Waals surface area contributed by atoms with E-state index in [1.54, 1.807) is 25.2 Å². The summed E-state index contributed by atoms with van der Waals surface area (Å²) in [6, 6.07) is 3.94. The minimum atomic E-state index is -0.115. The molecule has 3 nitrogen and oxygen atoms in total. The van der Waals surface area contributed by atoms with E-state index in [2.05, 4.69) is 22.4 Å². The van der Waals surface area contributed by atoms with Gasteiger partial charge in [-0.1, -0.05) is 12.1 Å². The highest BCUT2D eigenvalue weighted by Crippen LogP contribution is 2.20. The lowest BCUT2D eigenvalue weighted by Crippen LogP contribution is -2.18. The number of hydrogen-bond donors (Lipinski definition) is 1. The van der Waals surface area contributed by atoms with E-state index in [0.29, 0.717) is 17.7 Å². The van der Waals surface area contributed by atoms with Crippen molar-refractivity contribution >= 4 is 11.3 Å². The van der Waals surface area contributed by atoms with Crippen molar-refractivity contribution in [2.75, 3.05) is 0 Å². The molecule has 0 saturated carbocycles. The maximum Gasteiger partial charge on any atom is 0.131 e. The molecule has 0 spiro atoms. The predicted octanol–water partition coefficient (Wildman–Crippen LogP) is 3.45. The quantitative estimate of drug-likeness (QED) is 0.931. The monoisotopic (exact) mass is 279 g/mol. The summed E-state index contributed by atoms with van der Waals surface area (Å²) in [5.74, 6) is -0.115. The first-order valence-electron chi connectivity index (χ1n) is 6.26. The molecule has 2 rings (SSSR count). The molecule has 0 aliphatic carbocycles. The van der Waals surface area contributed by atoms with Gasteiger partial charge in [-0.15, -0.1) is 21.5 Å². The zero-order valence-corrected chi connectivity index (χ0v) is 12.4. The third-order valence-electron chi connectivity index (χ3n) is 3.09. The summed E-state index contributed by atoms with van der Waals surface area (Å²) in [6.07, 6.45) is 0. The van der Waals surface area contributed by atoms with Gasteiger partial charge in [-0.2, -0.15) is 0 Å². The van der Waals surface area contributed by atoms with Crippen molar-refractivity contribution in [1.29, 1.82) is 0 Å². The van der Waals surface area contributed by atoms with E-state index in [-0.39, 0.29) is 11.9 Å². The van der Waals surface area contributed by atoms with Gasteiger partial charge in [0, 0.05) is 6.04 Å². The van der Waals surface area contributed by atoms with E-state index in [1.807, 2.05) is 19.1 Å². The summed E-state index contributed by atoms with van der Waals surface area (Å²) in [4.78, 5) is 0. The molecular formula is C14H18FN3S. The molecule has 1 N–H and O–H groups in total. The van der Waals surface area contributed by atoms with E-state index in [4.69, 9.17) is 0 Å². The second-order valence-electron chi connectivity index (χ2n) is 4.79. The van der Waals surface area contributed by atoms with Crippen LogP contribution in [-0.2, 0) is 6.54 Å². The van der Waals surface area contributed by atoms with Gasteiger partial charge >= 0.3 is 0 Å². The molecule has 0 saturated heterocycles. The Morgan fingerprint density at radius 1 is 1.21 bits per heavy atom. The Hall–Kier alpha value is -1.33. The van der Waals surface area contributed by atoms with Crippen molar-refractivity contribution < 1.29 is 4.39 Å². The Labute approximate surface area is 116 Å². The van der Waals surface area contributed by atoms with Crippen LogP contribution in [0.4, 0.5) is 4.39 Å². The van der Waals surface area contributed by atoms with E-state index in [1.165, 1.54) is 0 Å². The summed E-state index contributed by atoms with van der Waals surface area (Å²) >= 11 is 1.59. The topological polar surface area (TPSA) is 37.8 Å². The van der Waals surface area contributed by atoms with Gasteiger partial charge in [-0.05, 0) is 44.4 Å². The number of nitrogens with zero attached hydrogens (tertiary/aromatic N) is 2. The Kier molecular flexibility index (Phi) is 4.27. The summed E-state index contributed by atoms with van der Waals surface area (Å²) in [7, 11) is 0. The number of rotatable bonds is 4. The van der Waals surface area contributed by atoms with Crippen molar-refractivity contribution in [2.45, 2.75) is 40.3 Å². The van der Waals surface area contributed by atoms with Crippen LogP contribution in [0.3, 0.4) is 0 Å². The van der Waals surface area contributed by atoms with Crippen molar-refractivity contribution in [3.63, 3.8) is 0 Å². The Balaban J connectivity index is 2.05. The van der Waals surface area contributed by atoms with Gasteiger partial charge in [-0.25, -0.2) is 4.39 Å². The largest absolute Gasteiger partial charge is 0.304 e. The molecule has 0 bridgehead atoms. The number of aromatic nitrogens is 2. The van der Waals surface area contributed by atoms with E-state index < -0.39 is 0 Å². The zero-order chi connectivity index (χ0) is 14.0. The maximum atomic E-state index is 13.6. The molecule has 1 aromatic heterocycles. The fourth-order valence-electron chi connectivity index (χ4n) is 2.00. The SMILES string of the molecule is Cc1nnc(CN[C@@H](C)c2cc(C)c(F)c(C)c2)s1. The third-order valence-corrected chi connectivity index (χ3v) is 3.92. The highest BCUT2D eigenvalue weighted by Gasteiger charge is 2.10. The van der Waals surface area contributed by atoms with Crippen LogP contribution < -0.4 is 5.32 Å². The van der Waals surface area contributed by atoms with Crippen LogP contribution in [0, 0.1) is 26.6 Å². The molecular weight excluding hydrogens is 261 g/mol. The van der Waals surface area contributed by atoms with E-state index in [9.17, 15) is 4.39 Å². The third kappa shape index (κ3) is 3.36. The van der Waals surface area contributed by atoms with E-state index in [0.717, 1.165) is 15.6 Å². The minimum absolute atomic E-state index is 0.115. The van der Waals surface area contributed by atoms with Crippen LogP contribution >= 0.6 is 11.3 Å². The van der Waals surface area contributed by atoms with Gasteiger partial charge < -0.3 is 5.32 Å². The fourth-order valence-corrected chi connectivity index (χ4v) is 2.66. The lowest BCUT2D eigenvalue weighted by atomic mass is 10.0. The normalized spacial score (nSPS) is 12.7. The summed E-state index contributed by atoms with van der Waals surface area (Å²) in [5.41, 5.74) is 2.48. The Bertz CT molecular complexity index is 557. The molecule has 0 aliphatic rings. The van der Waals surface area contributed by atoms with Crippen molar-refractivity contribution in [3.05, 3.63) is 44.7 Å². The average molecular weight is 279 g/mol. The smallest absolute Gasteiger partial charge is 0.131 e. The van der Waals surface area contributed by atoms with Gasteiger partial charge in [0.2, 0.25) is 0 Å². The second-order valence-corrected chi connectivity index (χ2v) is 6.05. The number of benzene rings is 1. The van der Waals surface area contributed by atoms with Gasteiger partial charge in [-0.3, -0.25) is 0 Å². The maximum absolute atomic E-state index is 13.6. The minimum Gasteiger partial charge on any atom is -0.304 e. The van der Waals surface area contributed by atoms with Gasteiger partial charge in [0.25, 0.3) is 0 Å². The number of nitrogens with one attached hydrogen (secondary N) is 1. The van der Waals surface area contributed by atoms with Crippen molar-refractivity contribution in [3.8, 4) is 0 Å². The molecule has 1 heterocycles. The summed E-state index contributed by atoms with van der Waals surface area (Å²) in [6.45, 7) is 8.29. The molecule has 0 unspecified atom stereocenters. The Morgan fingerprint density at radius 2 is 1.84 bits per heavy atom. The predicted molar refractivity (Wildman–Crippen MR) is 75.8 cm³/mol. The van der Waals surface area contributed by atoms with Gasteiger partial charge in [0.15, 0.2) is 0 Å².